The second-order valence-electron chi connectivity index (χ2n) is 6.09. The fraction of sp³-hybridized carbons (Fsp3) is 0.500. The van der Waals surface area contributed by atoms with E-state index in [1.165, 1.54) is 12.8 Å². The Kier molecular flexibility index (Phi) is 4.15. The van der Waals surface area contributed by atoms with Crippen molar-refractivity contribution in [3.8, 4) is 0 Å². The molecule has 2 amide bonds. The fourth-order valence-corrected chi connectivity index (χ4v) is 4.04. The van der Waals surface area contributed by atoms with Gasteiger partial charge in [-0.3, -0.25) is 4.90 Å². The largest absolute Gasteiger partial charge is 0.378 e. The Hall–Kier alpha value is -1.70. The molecule has 0 saturated carbocycles. The van der Waals surface area contributed by atoms with E-state index in [0.717, 1.165) is 29.0 Å². The molecule has 23 heavy (non-hydrogen) atoms. The Labute approximate surface area is 138 Å². The number of anilines is 1. The first-order valence-corrected chi connectivity index (χ1v) is 8.90. The third kappa shape index (κ3) is 3.17. The van der Waals surface area contributed by atoms with Crippen LogP contribution in [0.15, 0.2) is 23.7 Å². The summed E-state index contributed by atoms with van der Waals surface area (Å²) in [5.41, 5.74) is 3.48. The first-order valence-electron chi connectivity index (χ1n) is 8.02. The summed E-state index contributed by atoms with van der Waals surface area (Å²) in [5, 5.41) is 5.96. The summed E-state index contributed by atoms with van der Waals surface area (Å²) in [4.78, 5) is 19.0. The van der Waals surface area contributed by atoms with Gasteiger partial charge < -0.3 is 15.4 Å². The first-order chi connectivity index (χ1) is 11.3. The van der Waals surface area contributed by atoms with E-state index in [4.69, 9.17) is 4.74 Å². The number of rotatable bonds is 3. The van der Waals surface area contributed by atoms with E-state index in [1.54, 1.807) is 11.3 Å². The quantitative estimate of drug-likeness (QED) is 0.905. The number of urea groups is 1. The zero-order valence-corrected chi connectivity index (χ0v) is 13.6. The van der Waals surface area contributed by atoms with Gasteiger partial charge in [-0.2, -0.15) is 0 Å². The highest BCUT2D eigenvalue weighted by atomic mass is 32.1. The third-order valence-corrected chi connectivity index (χ3v) is 5.37. The third-order valence-electron chi connectivity index (χ3n) is 4.56. The van der Waals surface area contributed by atoms with E-state index in [1.807, 2.05) is 23.7 Å². The Bertz CT molecular complexity index is 698. The van der Waals surface area contributed by atoms with Crippen LogP contribution in [0.2, 0.25) is 0 Å². The Balaban J connectivity index is 1.38. The summed E-state index contributed by atoms with van der Waals surface area (Å²) >= 11 is 1.59. The number of fused-ring (bicyclic) bond motifs is 1. The van der Waals surface area contributed by atoms with Crippen molar-refractivity contribution in [2.75, 3.05) is 31.6 Å². The van der Waals surface area contributed by atoms with Gasteiger partial charge in [0.15, 0.2) is 0 Å². The van der Waals surface area contributed by atoms with Crippen LogP contribution in [0, 0.1) is 0 Å². The molecule has 1 aromatic carbocycles. The lowest BCUT2D eigenvalue weighted by Crippen LogP contribution is -2.51. The highest BCUT2D eigenvalue weighted by Crippen LogP contribution is 2.22. The zero-order chi connectivity index (χ0) is 15.6. The maximum Gasteiger partial charge on any atom is 0.319 e. The summed E-state index contributed by atoms with van der Waals surface area (Å²) in [6, 6.07) is 5.95. The summed E-state index contributed by atoms with van der Waals surface area (Å²) in [6.45, 7) is 3.50. The van der Waals surface area contributed by atoms with Gasteiger partial charge in [0, 0.05) is 5.69 Å². The van der Waals surface area contributed by atoms with Gasteiger partial charge in [0.1, 0.15) is 0 Å². The fourth-order valence-electron chi connectivity index (χ4n) is 3.39. The molecule has 0 bridgehead atoms. The zero-order valence-electron chi connectivity index (χ0n) is 12.8. The molecule has 7 heteroatoms. The van der Waals surface area contributed by atoms with Crippen LogP contribution < -0.4 is 10.6 Å². The molecular formula is C16H20N4O2S. The lowest BCUT2D eigenvalue weighted by Gasteiger charge is -2.27. The minimum atomic E-state index is -0.181. The van der Waals surface area contributed by atoms with Crippen molar-refractivity contribution in [1.82, 2.24) is 15.2 Å². The number of likely N-dealkylation sites (tertiary alicyclic amines) is 1. The highest BCUT2D eigenvalue weighted by molar-refractivity contribution is 7.16. The van der Waals surface area contributed by atoms with Crippen LogP contribution >= 0.6 is 11.3 Å². The van der Waals surface area contributed by atoms with Gasteiger partial charge in [0.25, 0.3) is 0 Å². The van der Waals surface area contributed by atoms with E-state index < -0.39 is 0 Å². The number of carbonyl (C=O) groups is 1. The molecule has 122 valence electrons. The van der Waals surface area contributed by atoms with Gasteiger partial charge in [-0.1, -0.05) is 0 Å². The lowest BCUT2D eigenvalue weighted by atomic mass is 10.1. The number of ether oxygens (including phenoxy) is 1. The molecule has 2 aromatic rings. The lowest BCUT2D eigenvalue weighted by molar-refractivity contribution is 0.159. The maximum absolute atomic E-state index is 12.3. The second kappa shape index (κ2) is 6.43. The average Bonchev–Trinajstić information content (AvgIpc) is 3.27. The number of carbonyl (C=O) groups excluding carboxylic acids is 1. The van der Waals surface area contributed by atoms with Crippen molar-refractivity contribution in [2.45, 2.75) is 24.9 Å². The molecule has 1 aromatic heterocycles. The Morgan fingerprint density at radius 3 is 3.04 bits per heavy atom. The monoisotopic (exact) mass is 332 g/mol. The number of nitrogens with one attached hydrogen (secondary N) is 2. The Morgan fingerprint density at radius 2 is 2.17 bits per heavy atom. The minimum Gasteiger partial charge on any atom is -0.378 e. The number of amides is 2. The first kappa shape index (κ1) is 14.9. The summed E-state index contributed by atoms with van der Waals surface area (Å²) in [6.07, 6.45) is 2.48. The molecule has 2 fully saturated rings. The normalized spacial score (nSPS) is 25.0. The number of thiazole rings is 1. The van der Waals surface area contributed by atoms with Gasteiger partial charge in [0.05, 0.1) is 41.0 Å². The van der Waals surface area contributed by atoms with Crippen LogP contribution in [0.4, 0.5) is 10.5 Å². The predicted octanol–water partition coefficient (Wildman–Crippen LogP) is 2.28. The molecule has 4 rings (SSSR count). The molecule has 0 spiro atoms. The van der Waals surface area contributed by atoms with Crippen LogP contribution in [0.25, 0.3) is 10.2 Å². The van der Waals surface area contributed by atoms with Crippen LogP contribution in [0.3, 0.4) is 0 Å². The molecule has 2 aliphatic rings. The number of hydrogen-bond acceptors (Lipinski definition) is 5. The van der Waals surface area contributed by atoms with Crippen LogP contribution in [0.1, 0.15) is 12.8 Å². The average molecular weight is 332 g/mol. The van der Waals surface area contributed by atoms with Crippen LogP contribution in [0.5, 0.6) is 0 Å². The van der Waals surface area contributed by atoms with Crippen LogP contribution in [-0.4, -0.2) is 54.3 Å². The number of hydrogen-bond donors (Lipinski definition) is 2. The molecule has 0 radical (unpaired) electrons. The predicted molar refractivity (Wildman–Crippen MR) is 91.0 cm³/mol. The van der Waals surface area contributed by atoms with Crippen molar-refractivity contribution in [3.05, 3.63) is 23.7 Å². The standard InChI is InChI=1S/C16H20N4O2S/c21-16(18-11-3-4-15-12(7-11)17-10-23-15)19-13-8-22-9-14(13)20-5-1-2-6-20/h3-4,7,10,13-14H,1-2,5-6,8-9H2,(H2,18,19,21)/t13-,14-/m1/s1. The number of benzene rings is 1. The SMILES string of the molecule is O=C(Nc1ccc2scnc2c1)N[C@@H]1COC[C@H]1N1CCCC1. The smallest absolute Gasteiger partial charge is 0.319 e. The summed E-state index contributed by atoms with van der Waals surface area (Å²) in [5.74, 6) is 0. The van der Waals surface area contributed by atoms with E-state index in [-0.39, 0.29) is 12.1 Å². The van der Waals surface area contributed by atoms with Crippen molar-refractivity contribution >= 4 is 33.3 Å². The molecular weight excluding hydrogens is 312 g/mol. The van der Waals surface area contributed by atoms with Crippen molar-refractivity contribution < 1.29 is 9.53 Å². The molecule has 2 aliphatic heterocycles. The van der Waals surface area contributed by atoms with Crippen molar-refractivity contribution in [3.63, 3.8) is 0 Å². The Morgan fingerprint density at radius 1 is 1.30 bits per heavy atom. The van der Waals surface area contributed by atoms with E-state index in [2.05, 4.69) is 20.5 Å². The van der Waals surface area contributed by atoms with Gasteiger partial charge in [-0.25, -0.2) is 9.78 Å². The number of aromatic nitrogens is 1. The summed E-state index contributed by atoms with van der Waals surface area (Å²) < 4.78 is 6.71. The number of nitrogens with zero attached hydrogens (tertiary/aromatic N) is 2. The molecule has 2 N–H and O–H groups in total. The van der Waals surface area contributed by atoms with Gasteiger partial charge >= 0.3 is 6.03 Å². The van der Waals surface area contributed by atoms with E-state index in [0.29, 0.717) is 19.3 Å². The van der Waals surface area contributed by atoms with Gasteiger partial charge in [-0.15, -0.1) is 11.3 Å². The molecule has 2 atom stereocenters. The second-order valence-corrected chi connectivity index (χ2v) is 6.97. The molecule has 0 unspecified atom stereocenters. The maximum atomic E-state index is 12.3. The van der Waals surface area contributed by atoms with E-state index >= 15 is 0 Å². The van der Waals surface area contributed by atoms with Crippen LogP contribution in [-0.2, 0) is 4.74 Å². The molecule has 6 nitrogen and oxygen atoms in total. The molecule has 2 saturated heterocycles. The minimum absolute atomic E-state index is 0.0519. The van der Waals surface area contributed by atoms with Gasteiger partial charge in [0.2, 0.25) is 0 Å². The van der Waals surface area contributed by atoms with Gasteiger partial charge in [-0.05, 0) is 44.1 Å². The van der Waals surface area contributed by atoms with E-state index in [9.17, 15) is 4.79 Å². The summed E-state index contributed by atoms with van der Waals surface area (Å²) in [7, 11) is 0. The van der Waals surface area contributed by atoms with Crippen molar-refractivity contribution in [2.24, 2.45) is 0 Å². The highest BCUT2D eigenvalue weighted by Gasteiger charge is 2.35. The molecule has 3 heterocycles. The van der Waals surface area contributed by atoms with Crippen molar-refractivity contribution in [1.29, 1.82) is 0 Å². The topological polar surface area (TPSA) is 66.5 Å². The molecule has 0 aliphatic carbocycles.